The van der Waals surface area contributed by atoms with Crippen molar-refractivity contribution in [1.82, 2.24) is 4.90 Å². The minimum absolute atomic E-state index is 0.0721. The van der Waals surface area contributed by atoms with Gasteiger partial charge in [0, 0.05) is 24.0 Å². The Kier molecular flexibility index (Phi) is 7.50. The summed E-state index contributed by atoms with van der Waals surface area (Å²) in [6.45, 7) is 3.17. The van der Waals surface area contributed by atoms with Crippen LogP contribution in [0.4, 0.5) is 5.69 Å². The molecule has 170 valence electrons. The molecular weight excluding hydrogens is 412 g/mol. The number of aryl methyl sites for hydroxylation is 1. The molecule has 2 N–H and O–H groups in total. The molecule has 0 bridgehead atoms. The van der Waals surface area contributed by atoms with Gasteiger partial charge in [0.15, 0.2) is 0 Å². The third-order valence-electron chi connectivity index (χ3n) is 5.23. The predicted octanol–water partition coefficient (Wildman–Crippen LogP) is 3.05. The zero-order valence-corrected chi connectivity index (χ0v) is 18.7. The maximum atomic E-state index is 12.9. The number of likely N-dealkylation sites (N-methyl/N-ethyl adjacent to an activating group) is 1. The first-order valence-corrected chi connectivity index (χ1v) is 10.3. The molecule has 2 aromatic carbocycles. The van der Waals surface area contributed by atoms with Crippen LogP contribution in [0, 0.1) is 0 Å². The summed E-state index contributed by atoms with van der Waals surface area (Å²) in [6.07, 6.45) is 0.617. The molecule has 0 atom stereocenters. The highest BCUT2D eigenvalue weighted by atomic mass is 16.5. The molecule has 0 saturated heterocycles. The van der Waals surface area contributed by atoms with Crippen LogP contribution in [0.2, 0.25) is 0 Å². The quantitative estimate of drug-likeness (QED) is 0.493. The third kappa shape index (κ3) is 4.92. The molecule has 0 spiro atoms. The van der Waals surface area contributed by atoms with Gasteiger partial charge in [-0.1, -0.05) is 13.0 Å². The summed E-state index contributed by atoms with van der Waals surface area (Å²) in [5.41, 5.74) is 1.77. The van der Waals surface area contributed by atoms with E-state index in [0.717, 1.165) is 11.1 Å². The molecule has 32 heavy (non-hydrogen) atoms. The number of aliphatic hydroxyl groups excluding tert-OH is 1. The van der Waals surface area contributed by atoms with Crippen LogP contribution in [-0.2, 0) is 13.0 Å². The Balaban J connectivity index is 1.90. The van der Waals surface area contributed by atoms with E-state index in [9.17, 15) is 9.59 Å². The van der Waals surface area contributed by atoms with Crippen molar-refractivity contribution in [2.24, 2.45) is 0 Å². The number of nitrogens with one attached hydrogen (secondary N) is 1. The number of hydrogen-bond donors (Lipinski definition) is 2. The van der Waals surface area contributed by atoms with Crippen LogP contribution >= 0.6 is 0 Å². The Labute approximate surface area is 186 Å². The van der Waals surface area contributed by atoms with Crippen molar-refractivity contribution in [2.75, 3.05) is 39.7 Å². The monoisotopic (exact) mass is 440 g/mol. The van der Waals surface area contributed by atoms with Crippen LogP contribution in [0.3, 0.4) is 0 Å². The van der Waals surface area contributed by atoms with Crippen molar-refractivity contribution in [2.45, 2.75) is 19.9 Å². The Morgan fingerprint density at radius 2 is 1.88 bits per heavy atom. The van der Waals surface area contributed by atoms with E-state index < -0.39 is 11.5 Å². The van der Waals surface area contributed by atoms with Crippen LogP contribution in [0.1, 0.15) is 28.4 Å². The van der Waals surface area contributed by atoms with E-state index in [0.29, 0.717) is 47.7 Å². The summed E-state index contributed by atoms with van der Waals surface area (Å²) in [7, 11) is 4.97. The number of amides is 1. The molecule has 3 aromatic rings. The number of anilines is 1. The van der Waals surface area contributed by atoms with Crippen LogP contribution in [-0.4, -0.2) is 50.3 Å². The number of fused-ring (bicyclic) bond motifs is 1. The van der Waals surface area contributed by atoms with Gasteiger partial charge < -0.3 is 24.3 Å². The van der Waals surface area contributed by atoms with Crippen molar-refractivity contribution < 1.29 is 23.8 Å². The zero-order valence-electron chi connectivity index (χ0n) is 18.7. The molecule has 1 amide bonds. The van der Waals surface area contributed by atoms with Gasteiger partial charge in [-0.3, -0.25) is 9.69 Å². The number of methoxy groups -OCH3 is 2. The Morgan fingerprint density at radius 3 is 2.53 bits per heavy atom. The maximum absolute atomic E-state index is 12.9. The summed E-state index contributed by atoms with van der Waals surface area (Å²) in [5, 5.41) is 12.4. The molecular formula is C24H28N2O6. The van der Waals surface area contributed by atoms with Crippen LogP contribution in [0.15, 0.2) is 45.6 Å². The first-order chi connectivity index (χ1) is 15.4. The highest BCUT2D eigenvalue weighted by Crippen LogP contribution is 2.29. The van der Waals surface area contributed by atoms with Gasteiger partial charge in [0.2, 0.25) is 0 Å². The van der Waals surface area contributed by atoms with Crippen molar-refractivity contribution in [1.29, 1.82) is 0 Å². The molecule has 3 rings (SSSR count). The average molecular weight is 440 g/mol. The van der Waals surface area contributed by atoms with Crippen LogP contribution in [0.25, 0.3) is 11.0 Å². The van der Waals surface area contributed by atoms with Crippen molar-refractivity contribution in [3.05, 3.63) is 63.5 Å². The van der Waals surface area contributed by atoms with Crippen molar-refractivity contribution in [3.8, 4) is 11.5 Å². The third-order valence-corrected chi connectivity index (χ3v) is 5.23. The minimum Gasteiger partial charge on any atom is -0.496 e. The second-order valence-corrected chi connectivity index (χ2v) is 7.42. The summed E-state index contributed by atoms with van der Waals surface area (Å²) >= 11 is 0. The predicted molar refractivity (Wildman–Crippen MR) is 123 cm³/mol. The highest BCUT2D eigenvalue weighted by molar-refractivity contribution is 6.06. The van der Waals surface area contributed by atoms with E-state index in [4.69, 9.17) is 19.0 Å². The maximum Gasteiger partial charge on any atom is 0.349 e. The van der Waals surface area contributed by atoms with Crippen molar-refractivity contribution in [3.63, 3.8) is 0 Å². The second-order valence-electron chi connectivity index (χ2n) is 7.42. The van der Waals surface area contributed by atoms with Crippen molar-refractivity contribution >= 4 is 22.6 Å². The van der Waals surface area contributed by atoms with E-state index in [1.807, 2.05) is 31.0 Å². The first-order valence-electron chi connectivity index (χ1n) is 10.3. The molecule has 8 nitrogen and oxygen atoms in total. The van der Waals surface area contributed by atoms with Gasteiger partial charge in [0.1, 0.15) is 22.6 Å². The molecule has 0 aliphatic heterocycles. The Morgan fingerprint density at radius 1 is 1.12 bits per heavy atom. The molecule has 0 aliphatic rings. The molecule has 1 aromatic heterocycles. The first kappa shape index (κ1) is 23.3. The number of aliphatic hydroxyl groups is 1. The fourth-order valence-corrected chi connectivity index (χ4v) is 3.60. The second kappa shape index (κ2) is 10.3. The summed E-state index contributed by atoms with van der Waals surface area (Å²) in [4.78, 5) is 27.4. The van der Waals surface area contributed by atoms with E-state index in [1.165, 1.54) is 13.2 Å². The highest BCUT2D eigenvalue weighted by Gasteiger charge is 2.18. The van der Waals surface area contributed by atoms with Crippen LogP contribution < -0.4 is 20.4 Å². The molecule has 0 aliphatic carbocycles. The molecule has 0 unspecified atom stereocenters. The topological polar surface area (TPSA) is 101 Å². The number of ether oxygens (including phenoxy) is 2. The van der Waals surface area contributed by atoms with Gasteiger partial charge in [-0.25, -0.2) is 4.79 Å². The van der Waals surface area contributed by atoms with Gasteiger partial charge in [-0.15, -0.1) is 0 Å². The lowest BCUT2D eigenvalue weighted by atomic mass is 10.1. The Hall–Kier alpha value is -3.36. The molecule has 0 radical (unpaired) electrons. The smallest absolute Gasteiger partial charge is 0.349 e. The largest absolute Gasteiger partial charge is 0.496 e. The van der Waals surface area contributed by atoms with Crippen LogP contribution in [0.5, 0.6) is 11.5 Å². The van der Waals surface area contributed by atoms with Gasteiger partial charge in [0.05, 0.1) is 26.5 Å². The fourth-order valence-electron chi connectivity index (χ4n) is 3.60. The lowest BCUT2D eigenvalue weighted by molar-refractivity contribution is 0.102. The molecule has 0 fully saturated rings. The number of carbonyl (C=O) groups is 1. The van der Waals surface area contributed by atoms with E-state index in [2.05, 4.69) is 5.32 Å². The number of rotatable bonds is 9. The van der Waals surface area contributed by atoms with E-state index >= 15 is 0 Å². The van der Waals surface area contributed by atoms with Gasteiger partial charge in [-0.2, -0.15) is 0 Å². The molecule has 0 saturated carbocycles. The number of benzene rings is 2. The fraction of sp³-hybridized carbons (Fsp3) is 0.333. The lowest BCUT2D eigenvalue weighted by Gasteiger charge is -2.17. The number of carbonyl (C=O) groups excluding carboxylic acids is 1. The average Bonchev–Trinajstić information content (AvgIpc) is 2.78. The standard InChI is InChI=1S/C24H28N2O6/c1-5-17-20(30-3)9-7-16-13-18(24(29)32-22(16)17)23(28)25-19-8-6-15(12-21(19)31-4)14-26(2)10-11-27/h6-9,12-13,27H,5,10-11,14H2,1-4H3,(H,25,28). The SMILES string of the molecule is CCc1c(OC)ccc2cc(C(=O)Nc3ccc(CN(C)CCO)cc3OC)c(=O)oc12. The van der Waals surface area contributed by atoms with Gasteiger partial charge >= 0.3 is 5.63 Å². The zero-order chi connectivity index (χ0) is 23.3. The molecule has 1 heterocycles. The molecule has 8 heteroatoms. The lowest BCUT2D eigenvalue weighted by Crippen LogP contribution is -2.22. The van der Waals surface area contributed by atoms with E-state index in [-0.39, 0.29) is 12.2 Å². The number of nitrogens with zero attached hydrogens (tertiary/aromatic N) is 1. The summed E-state index contributed by atoms with van der Waals surface area (Å²) in [5.74, 6) is 0.518. The number of hydrogen-bond acceptors (Lipinski definition) is 7. The summed E-state index contributed by atoms with van der Waals surface area (Å²) in [6, 6.07) is 10.5. The normalized spacial score (nSPS) is 11.1. The van der Waals surface area contributed by atoms with E-state index in [1.54, 1.807) is 25.3 Å². The Bertz CT molecular complexity index is 1170. The minimum atomic E-state index is -0.723. The summed E-state index contributed by atoms with van der Waals surface area (Å²) < 4.78 is 16.3. The van der Waals surface area contributed by atoms with Gasteiger partial charge in [-0.05, 0) is 49.4 Å². The van der Waals surface area contributed by atoms with Gasteiger partial charge in [0.25, 0.3) is 5.91 Å².